The highest BCUT2D eigenvalue weighted by molar-refractivity contribution is 4.79. The minimum atomic E-state index is 0.860. The van der Waals surface area contributed by atoms with Crippen LogP contribution in [0.4, 0.5) is 0 Å². The molecular weight excluding hydrogens is 158 g/mol. The van der Waals surface area contributed by atoms with Crippen molar-refractivity contribution in [2.45, 2.75) is 58.3 Å². The molecule has 0 fully saturated rings. The van der Waals surface area contributed by atoms with Gasteiger partial charge in [-0.1, -0.05) is 44.8 Å². The van der Waals surface area contributed by atoms with Gasteiger partial charge >= 0.3 is 0 Å². The zero-order valence-corrected chi connectivity index (χ0v) is 9.10. The van der Waals surface area contributed by atoms with Gasteiger partial charge in [-0.2, -0.15) is 0 Å². The van der Waals surface area contributed by atoms with E-state index in [1.54, 1.807) is 0 Å². The van der Waals surface area contributed by atoms with Crippen molar-refractivity contribution in [3.05, 3.63) is 12.2 Å². The lowest BCUT2D eigenvalue weighted by Crippen LogP contribution is -1.97. The fourth-order valence-electron chi connectivity index (χ4n) is 1.40. The number of unbranched alkanes of at least 4 members (excludes halogenated alkanes) is 6. The second kappa shape index (κ2) is 11.7. The van der Waals surface area contributed by atoms with Crippen LogP contribution in [-0.2, 0) is 0 Å². The summed E-state index contributed by atoms with van der Waals surface area (Å²) in [6.45, 7) is 3.04. The maximum atomic E-state index is 5.42. The van der Waals surface area contributed by atoms with E-state index in [1.807, 2.05) is 0 Å². The zero-order chi connectivity index (χ0) is 9.78. The van der Waals surface area contributed by atoms with Crippen LogP contribution in [0.2, 0.25) is 0 Å². The van der Waals surface area contributed by atoms with Gasteiger partial charge in [0.15, 0.2) is 0 Å². The molecule has 13 heavy (non-hydrogen) atoms. The summed E-state index contributed by atoms with van der Waals surface area (Å²) < 4.78 is 0. The van der Waals surface area contributed by atoms with Gasteiger partial charge in [-0.15, -0.1) is 0 Å². The van der Waals surface area contributed by atoms with Gasteiger partial charge < -0.3 is 5.73 Å². The molecule has 0 saturated heterocycles. The van der Waals surface area contributed by atoms with Gasteiger partial charge in [0.05, 0.1) is 0 Å². The second-order valence-corrected chi connectivity index (χ2v) is 3.58. The first-order valence-corrected chi connectivity index (χ1v) is 5.77. The van der Waals surface area contributed by atoms with Crippen molar-refractivity contribution in [2.24, 2.45) is 5.73 Å². The van der Waals surface area contributed by atoms with E-state index in [2.05, 4.69) is 19.1 Å². The SMILES string of the molecule is CCC=CCCCCCCCCN. The highest BCUT2D eigenvalue weighted by atomic mass is 14.5. The summed E-state index contributed by atoms with van der Waals surface area (Å²) in [6.07, 6.45) is 15.0. The van der Waals surface area contributed by atoms with Gasteiger partial charge in [-0.05, 0) is 32.2 Å². The van der Waals surface area contributed by atoms with E-state index in [4.69, 9.17) is 5.73 Å². The fourth-order valence-corrected chi connectivity index (χ4v) is 1.40. The Morgan fingerprint density at radius 3 is 2.08 bits per heavy atom. The minimum absolute atomic E-state index is 0.860. The quantitative estimate of drug-likeness (QED) is 0.428. The van der Waals surface area contributed by atoms with E-state index >= 15 is 0 Å². The Hall–Kier alpha value is -0.300. The third-order valence-corrected chi connectivity index (χ3v) is 2.23. The molecule has 0 rings (SSSR count). The molecule has 0 spiro atoms. The van der Waals surface area contributed by atoms with Crippen LogP contribution in [0.5, 0.6) is 0 Å². The van der Waals surface area contributed by atoms with E-state index in [1.165, 1.54) is 51.4 Å². The second-order valence-electron chi connectivity index (χ2n) is 3.58. The van der Waals surface area contributed by atoms with Crippen molar-refractivity contribution in [3.63, 3.8) is 0 Å². The summed E-state index contributed by atoms with van der Waals surface area (Å²) >= 11 is 0. The van der Waals surface area contributed by atoms with Gasteiger partial charge in [0.1, 0.15) is 0 Å². The van der Waals surface area contributed by atoms with Crippen LogP contribution in [0.3, 0.4) is 0 Å². The summed E-state index contributed by atoms with van der Waals surface area (Å²) in [5.74, 6) is 0. The van der Waals surface area contributed by atoms with Gasteiger partial charge in [-0.25, -0.2) is 0 Å². The highest BCUT2D eigenvalue weighted by Crippen LogP contribution is 2.07. The van der Waals surface area contributed by atoms with Gasteiger partial charge in [0.2, 0.25) is 0 Å². The molecule has 0 saturated carbocycles. The summed E-state index contributed by atoms with van der Waals surface area (Å²) in [4.78, 5) is 0. The van der Waals surface area contributed by atoms with Gasteiger partial charge in [-0.3, -0.25) is 0 Å². The molecule has 0 heterocycles. The lowest BCUT2D eigenvalue weighted by molar-refractivity contribution is 0.600. The molecule has 0 bridgehead atoms. The lowest BCUT2D eigenvalue weighted by atomic mass is 10.1. The first kappa shape index (κ1) is 12.7. The normalized spacial score (nSPS) is 11.2. The summed E-state index contributed by atoms with van der Waals surface area (Å²) in [5.41, 5.74) is 5.42. The zero-order valence-electron chi connectivity index (χ0n) is 9.10. The van der Waals surface area contributed by atoms with E-state index in [0.717, 1.165) is 6.54 Å². The molecule has 78 valence electrons. The third kappa shape index (κ3) is 11.7. The molecule has 1 heteroatoms. The van der Waals surface area contributed by atoms with Crippen molar-refractivity contribution in [1.29, 1.82) is 0 Å². The molecule has 0 aliphatic heterocycles. The average molecular weight is 183 g/mol. The fraction of sp³-hybridized carbons (Fsp3) is 0.833. The molecule has 2 N–H and O–H groups in total. The van der Waals surface area contributed by atoms with Crippen LogP contribution in [0.15, 0.2) is 12.2 Å². The van der Waals surface area contributed by atoms with Crippen LogP contribution in [0.25, 0.3) is 0 Å². The van der Waals surface area contributed by atoms with Crippen LogP contribution in [0.1, 0.15) is 58.3 Å². The minimum Gasteiger partial charge on any atom is -0.330 e. The topological polar surface area (TPSA) is 26.0 Å². The van der Waals surface area contributed by atoms with Crippen molar-refractivity contribution in [2.75, 3.05) is 6.54 Å². The number of nitrogens with two attached hydrogens (primary N) is 1. The standard InChI is InChI=1S/C12H25N/c1-2-3-4-5-6-7-8-9-10-11-12-13/h3-4H,2,5-13H2,1H3. The maximum Gasteiger partial charge on any atom is -0.00773 e. The van der Waals surface area contributed by atoms with Crippen molar-refractivity contribution in [1.82, 2.24) is 0 Å². The lowest BCUT2D eigenvalue weighted by Gasteiger charge is -1.98. The van der Waals surface area contributed by atoms with Gasteiger partial charge in [0, 0.05) is 0 Å². The number of hydrogen-bond donors (Lipinski definition) is 1. The molecule has 0 unspecified atom stereocenters. The van der Waals surface area contributed by atoms with E-state index in [0.29, 0.717) is 0 Å². The van der Waals surface area contributed by atoms with Crippen LogP contribution >= 0.6 is 0 Å². The van der Waals surface area contributed by atoms with Crippen molar-refractivity contribution in [3.8, 4) is 0 Å². The Labute approximate surface area is 83.4 Å². The van der Waals surface area contributed by atoms with Crippen molar-refractivity contribution >= 4 is 0 Å². The molecule has 0 amide bonds. The van der Waals surface area contributed by atoms with E-state index < -0.39 is 0 Å². The predicted molar refractivity (Wildman–Crippen MR) is 60.8 cm³/mol. The molecule has 0 aliphatic rings. The Bertz CT molecular complexity index is 108. The molecule has 0 aliphatic carbocycles. The van der Waals surface area contributed by atoms with Crippen molar-refractivity contribution < 1.29 is 0 Å². The first-order chi connectivity index (χ1) is 6.41. The summed E-state index contributed by atoms with van der Waals surface area (Å²) in [7, 11) is 0. The Morgan fingerprint density at radius 2 is 1.46 bits per heavy atom. The predicted octanol–water partition coefficient (Wildman–Crippen LogP) is 3.64. The van der Waals surface area contributed by atoms with E-state index in [9.17, 15) is 0 Å². The monoisotopic (exact) mass is 183 g/mol. The smallest absolute Gasteiger partial charge is 0.00773 e. The molecule has 0 radical (unpaired) electrons. The maximum absolute atomic E-state index is 5.42. The van der Waals surface area contributed by atoms with Crippen LogP contribution in [-0.4, -0.2) is 6.54 Å². The molecule has 1 nitrogen and oxygen atoms in total. The molecule has 0 aromatic rings. The Morgan fingerprint density at radius 1 is 0.846 bits per heavy atom. The summed E-state index contributed by atoms with van der Waals surface area (Å²) in [5, 5.41) is 0. The molecular formula is C12H25N. The number of rotatable bonds is 9. The average Bonchev–Trinajstić information content (AvgIpc) is 2.16. The van der Waals surface area contributed by atoms with E-state index in [-0.39, 0.29) is 0 Å². The molecule has 0 aromatic carbocycles. The Kier molecular flexibility index (Phi) is 11.4. The highest BCUT2D eigenvalue weighted by Gasteiger charge is 1.88. The third-order valence-electron chi connectivity index (χ3n) is 2.23. The van der Waals surface area contributed by atoms with Crippen LogP contribution < -0.4 is 5.73 Å². The number of hydrogen-bond acceptors (Lipinski definition) is 1. The first-order valence-electron chi connectivity index (χ1n) is 5.77. The number of allylic oxidation sites excluding steroid dienone is 2. The van der Waals surface area contributed by atoms with Crippen LogP contribution in [0, 0.1) is 0 Å². The van der Waals surface area contributed by atoms with Gasteiger partial charge in [0.25, 0.3) is 0 Å². The molecule has 0 atom stereocenters. The molecule has 0 aromatic heterocycles. The summed E-state index contributed by atoms with van der Waals surface area (Å²) in [6, 6.07) is 0. The Balaban J connectivity index is 2.87. The largest absolute Gasteiger partial charge is 0.330 e.